The fourth-order valence-electron chi connectivity index (χ4n) is 8.26. The van der Waals surface area contributed by atoms with Gasteiger partial charge in [0.1, 0.15) is 12.1 Å². The zero-order valence-corrected chi connectivity index (χ0v) is 36.7. The monoisotopic (exact) mass is 803 g/mol. The maximum atomic E-state index is 14.4. The summed E-state index contributed by atoms with van der Waals surface area (Å²) in [5.41, 5.74) is 7.01. The highest BCUT2D eigenvalue weighted by Crippen LogP contribution is 2.30. The van der Waals surface area contributed by atoms with Gasteiger partial charge in [-0.3, -0.25) is 24.1 Å². The van der Waals surface area contributed by atoms with E-state index in [1.54, 1.807) is 23.8 Å². The van der Waals surface area contributed by atoms with Crippen molar-refractivity contribution in [3.8, 4) is 0 Å². The highest BCUT2D eigenvalue weighted by molar-refractivity contribution is 5.90. The molecule has 1 aliphatic rings. The Morgan fingerprint density at radius 3 is 2.05 bits per heavy atom. The summed E-state index contributed by atoms with van der Waals surface area (Å²) < 4.78 is 11.9. The number of benzene rings is 1. The van der Waals surface area contributed by atoms with Crippen molar-refractivity contribution >= 4 is 29.6 Å². The quantitative estimate of drug-likeness (QED) is 0.121. The van der Waals surface area contributed by atoms with E-state index in [-0.39, 0.29) is 54.4 Å². The van der Waals surface area contributed by atoms with Gasteiger partial charge in [0.2, 0.25) is 23.6 Å². The molecule has 1 aromatic rings. The zero-order chi connectivity index (χ0) is 43.1. The third-order valence-electron chi connectivity index (χ3n) is 11.8. The number of likely N-dealkylation sites (N-methyl/N-ethyl adjacent to an activating group) is 2. The largest absolute Gasteiger partial charge is 0.480 e. The minimum Gasteiger partial charge on any atom is -0.480 e. The summed E-state index contributed by atoms with van der Waals surface area (Å²) in [5.74, 6) is -3.38. The van der Waals surface area contributed by atoms with Crippen LogP contribution in [-0.2, 0) is 39.9 Å². The van der Waals surface area contributed by atoms with E-state index in [1.165, 1.54) is 14.2 Å². The number of hydrogen-bond acceptors (Lipinski definition) is 9. The zero-order valence-electron chi connectivity index (χ0n) is 36.7. The van der Waals surface area contributed by atoms with E-state index < -0.39 is 60.2 Å². The van der Waals surface area contributed by atoms with Crippen molar-refractivity contribution in [2.45, 2.75) is 142 Å². The Hall–Kier alpha value is -3.59. The van der Waals surface area contributed by atoms with Gasteiger partial charge in [0.25, 0.3) is 0 Å². The molecule has 0 aromatic heterocycles. The molecule has 10 atom stereocenters. The highest BCUT2D eigenvalue weighted by atomic mass is 16.5. The Morgan fingerprint density at radius 2 is 1.54 bits per heavy atom. The Morgan fingerprint density at radius 1 is 0.912 bits per heavy atom. The van der Waals surface area contributed by atoms with Gasteiger partial charge in [0, 0.05) is 46.8 Å². The van der Waals surface area contributed by atoms with E-state index in [4.69, 9.17) is 15.2 Å². The number of carboxylic acid groups (broad SMARTS) is 1. The van der Waals surface area contributed by atoms with Crippen LogP contribution in [0.4, 0.5) is 0 Å². The third kappa shape index (κ3) is 13.8. The van der Waals surface area contributed by atoms with E-state index in [0.29, 0.717) is 32.4 Å². The topological polar surface area (TPSA) is 184 Å². The Bertz CT molecular complexity index is 1430. The smallest absolute Gasteiger partial charge is 0.326 e. The first kappa shape index (κ1) is 49.6. The molecule has 1 aromatic carbocycles. The molecule has 1 aliphatic heterocycles. The van der Waals surface area contributed by atoms with Crippen molar-refractivity contribution in [3.63, 3.8) is 0 Å². The number of nitrogens with two attached hydrogens (primary N) is 1. The van der Waals surface area contributed by atoms with Gasteiger partial charge < -0.3 is 40.7 Å². The third-order valence-corrected chi connectivity index (χ3v) is 11.8. The molecule has 0 unspecified atom stereocenters. The van der Waals surface area contributed by atoms with Crippen molar-refractivity contribution in [2.24, 2.45) is 29.4 Å². The molecule has 57 heavy (non-hydrogen) atoms. The predicted octanol–water partition coefficient (Wildman–Crippen LogP) is 3.55. The average molecular weight is 803 g/mol. The van der Waals surface area contributed by atoms with Crippen LogP contribution in [0, 0.1) is 23.7 Å². The molecule has 4 amide bonds. The first-order chi connectivity index (χ1) is 26.8. The van der Waals surface area contributed by atoms with E-state index in [0.717, 1.165) is 12.0 Å². The predicted molar refractivity (Wildman–Crippen MR) is 222 cm³/mol. The fraction of sp³-hybridized carbons (Fsp3) is 0.744. The molecular weight excluding hydrogens is 729 g/mol. The first-order valence-corrected chi connectivity index (χ1v) is 20.8. The molecule has 2 rings (SSSR count). The molecule has 324 valence electrons. The normalized spacial score (nSPS) is 19.3. The average Bonchev–Trinajstić information content (AvgIpc) is 3.65. The minimum atomic E-state index is -1.14. The number of aliphatic carboxylic acids is 1. The molecule has 14 nitrogen and oxygen atoms in total. The van der Waals surface area contributed by atoms with Crippen LogP contribution in [0.2, 0.25) is 0 Å². The second-order valence-corrected chi connectivity index (χ2v) is 16.7. The number of carbonyl (C=O) groups excluding carboxylic acids is 4. The van der Waals surface area contributed by atoms with Crippen LogP contribution in [0.25, 0.3) is 0 Å². The summed E-state index contributed by atoms with van der Waals surface area (Å²) in [6.07, 6.45) is 1.53. The van der Waals surface area contributed by atoms with Gasteiger partial charge in [0.05, 0.1) is 42.7 Å². The van der Waals surface area contributed by atoms with Crippen LogP contribution in [0.1, 0.15) is 93.1 Å². The number of methoxy groups -OCH3 is 2. The number of ether oxygens (including phenoxy) is 2. The van der Waals surface area contributed by atoms with Crippen molar-refractivity contribution in [1.82, 2.24) is 25.3 Å². The number of carboxylic acids is 1. The van der Waals surface area contributed by atoms with Gasteiger partial charge in [0.15, 0.2) is 0 Å². The number of nitrogens with one attached hydrogen (secondary N) is 2. The summed E-state index contributed by atoms with van der Waals surface area (Å²) >= 11 is 0. The van der Waals surface area contributed by atoms with E-state index in [1.807, 2.05) is 90.7 Å². The summed E-state index contributed by atoms with van der Waals surface area (Å²) in [4.78, 5) is 73.5. The summed E-state index contributed by atoms with van der Waals surface area (Å²) in [5, 5.41) is 15.7. The van der Waals surface area contributed by atoms with Gasteiger partial charge in [-0.2, -0.15) is 0 Å². The van der Waals surface area contributed by atoms with E-state index in [9.17, 15) is 29.1 Å². The number of rotatable bonds is 24. The maximum Gasteiger partial charge on any atom is 0.326 e. The van der Waals surface area contributed by atoms with Gasteiger partial charge in [-0.25, -0.2) is 4.79 Å². The fourth-order valence-corrected chi connectivity index (χ4v) is 8.26. The van der Waals surface area contributed by atoms with Crippen molar-refractivity contribution in [3.05, 3.63) is 35.9 Å². The Kier molecular flexibility index (Phi) is 20.6. The lowest BCUT2D eigenvalue weighted by atomic mass is 9.89. The van der Waals surface area contributed by atoms with Gasteiger partial charge in [-0.15, -0.1) is 0 Å². The molecule has 0 spiro atoms. The van der Waals surface area contributed by atoms with Gasteiger partial charge in [-0.05, 0) is 49.6 Å². The molecule has 1 saturated heterocycles. The van der Waals surface area contributed by atoms with Crippen LogP contribution in [0.15, 0.2) is 30.3 Å². The van der Waals surface area contributed by atoms with E-state index >= 15 is 0 Å². The van der Waals surface area contributed by atoms with Crippen molar-refractivity contribution in [2.75, 3.05) is 41.4 Å². The number of likely N-dealkylation sites (tertiary alicyclic amines) is 1. The second kappa shape index (κ2) is 23.7. The second-order valence-electron chi connectivity index (χ2n) is 16.7. The highest BCUT2D eigenvalue weighted by Gasteiger charge is 2.43. The first-order valence-electron chi connectivity index (χ1n) is 20.8. The lowest BCUT2D eigenvalue weighted by Crippen LogP contribution is -2.60. The summed E-state index contributed by atoms with van der Waals surface area (Å²) in [6.45, 7) is 16.5. The molecule has 1 heterocycles. The molecule has 1 fully saturated rings. The van der Waals surface area contributed by atoms with Crippen molar-refractivity contribution < 1.29 is 38.6 Å². The lowest BCUT2D eigenvalue weighted by molar-refractivity contribution is -0.148. The molecule has 0 saturated carbocycles. The van der Waals surface area contributed by atoms with Crippen molar-refractivity contribution in [1.29, 1.82) is 0 Å². The van der Waals surface area contributed by atoms with Crippen LogP contribution < -0.4 is 16.4 Å². The molecular formula is C43H74N6O8. The maximum absolute atomic E-state index is 14.4. The van der Waals surface area contributed by atoms with Gasteiger partial charge >= 0.3 is 5.97 Å². The van der Waals surface area contributed by atoms with Crippen LogP contribution >= 0.6 is 0 Å². The molecule has 5 N–H and O–H groups in total. The van der Waals surface area contributed by atoms with E-state index in [2.05, 4.69) is 10.6 Å². The SMILES string of the molecule is CC[C@H](N)CN(C)[C@H](C(=O)N[C@H](C(=O)N(C)[C@@H]([C@@H](C)CC)[C@@H](CC(=O)N1CCC[C@H]1[C@H](OC)[C@@H](C)C(=O)N[C@@H](Cc1ccccc1)C(=O)O)OC)C(C)C)C(C)C. The number of nitrogens with zero attached hydrogens (tertiary/aromatic N) is 3. The number of amides is 4. The molecule has 0 radical (unpaired) electrons. The van der Waals surface area contributed by atoms with Crippen LogP contribution in [0.3, 0.4) is 0 Å². The van der Waals surface area contributed by atoms with Crippen LogP contribution in [0.5, 0.6) is 0 Å². The summed E-state index contributed by atoms with van der Waals surface area (Å²) in [7, 11) is 6.63. The molecule has 0 bridgehead atoms. The summed E-state index contributed by atoms with van der Waals surface area (Å²) in [6, 6.07) is 5.66. The van der Waals surface area contributed by atoms with Gasteiger partial charge in [-0.1, -0.05) is 92.1 Å². The Labute approximate surface area is 341 Å². The van der Waals surface area contributed by atoms with Crippen LogP contribution in [-0.4, -0.2) is 139 Å². The number of hydrogen-bond donors (Lipinski definition) is 4. The lowest BCUT2D eigenvalue weighted by Gasteiger charge is -2.41. The standard InChI is InChI=1S/C43H74N6O8/c1-13-28(7)38(48(10)42(53)36(26(3)4)46-41(52)37(27(5)6)47(9)25-31(44)14-2)34(56-11)24-35(50)49-22-18-21-33(49)39(57-12)29(8)40(51)45-32(43(54)55)23-30-19-16-15-17-20-30/h15-17,19-20,26-29,31-34,36-39H,13-14,18,21-25,44H2,1-12H3,(H,45,51)(H,46,52)(H,54,55)/t28-,29+,31-,32-,33-,34+,36-,37-,38-,39+/m0/s1. The molecule has 14 heteroatoms. The Balaban J connectivity index is 2.28. The minimum absolute atomic E-state index is 0.0224. The molecule has 0 aliphatic carbocycles. The number of carbonyl (C=O) groups is 5.